The second-order valence-electron chi connectivity index (χ2n) is 3.67. The number of rotatable bonds is 0. The van der Waals surface area contributed by atoms with Gasteiger partial charge in [-0.2, -0.15) is 0 Å². The van der Waals surface area contributed by atoms with E-state index < -0.39 is 0 Å². The van der Waals surface area contributed by atoms with E-state index in [9.17, 15) is 0 Å². The van der Waals surface area contributed by atoms with Gasteiger partial charge in [0.15, 0.2) is 0 Å². The third kappa shape index (κ3) is 1.55. The van der Waals surface area contributed by atoms with Gasteiger partial charge in [-0.15, -0.1) is 0 Å². The summed E-state index contributed by atoms with van der Waals surface area (Å²) in [4.78, 5) is 0. The van der Waals surface area contributed by atoms with Gasteiger partial charge in [0, 0.05) is 0 Å². The Morgan fingerprint density at radius 1 is 1.45 bits per heavy atom. The van der Waals surface area contributed by atoms with Crippen LogP contribution in [0.4, 0.5) is 0 Å². The van der Waals surface area contributed by atoms with Crippen molar-refractivity contribution in [2.24, 2.45) is 11.7 Å². The van der Waals surface area contributed by atoms with Crippen molar-refractivity contribution in [2.45, 2.75) is 29.2 Å². The maximum absolute atomic E-state index is 6.15. The van der Waals surface area contributed by atoms with E-state index in [-0.39, 0.29) is 21.5 Å². The Morgan fingerprint density at radius 3 is 3.00 bits per heavy atom. The summed E-state index contributed by atoms with van der Waals surface area (Å²) in [7, 11) is 2.27. The quantitative estimate of drug-likeness (QED) is 0.297. The molecule has 0 radical (unpaired) electrons. The molecule has 1 saturated carbocycles. The first-order valence-electron chi connectivity index (χ1n) is 4.38. The summed E-state index contributed by atoms with van der Waals surface area (Å²) in [5.41, 5.74) is 6.15. The van der Waals surface area contributed by atoms with Crippen molar-refractivity contribution >= 4 is 0 Å². The van der Waals surface area contributed by atoms with Gasteiger partial charge in [-0.3, -0.25) is 0 Å². The van der Waals surface area contributed by atoms with Gasteiger partial charge in [0.1, 0.15) is 0 Å². The number of nitrogens with zero attached hydrogens (tertiary/aromatic N) is 1. The fraction of sp³-hybridized carbons (Fsp3) is 1.00. The van der Waals surface area contributed by atoms with E-state index in [0.29, 0.717) is 6.04 Å². The van der Waals surface area contributed by atoms with E-state index in [0.717, 1.165) is 9.84 Å². The summed E-state index contributed by atoms with van der Waals surface area (Å²) >= 11 is 0.278. The van der Waals surface area contributed by atoms with Gasteiger partial charge in [0.2, 0.25) is 0 Å². The Bertz CT molecular complexity index is 137. The van der Waals surface area contributed by atoms with Crippen molar-refractivity contribution in [3.8, 4) is 0 Å². The molecule has 2 aliphatic rings. The van der Waals surface area contributed by atoms with Crippen molar-refractivity contribution in [1.82, 2.24) is 3.11 Å². The molecule has 1 heterocycles. The molecule has 0 spiro atoms. The number of halogens is 1. The standard InChI is InChI=1S/C8H16IN2/c1-11-5-6-3-2-4-7(9-11)8(6)10/h6-8H,2-5,10H2,1H3/q-1. The number of fused-ring (bicyclic) bond motifs is 2. The van der Waals surface area contributed by atoms with E-state index in [1.54, 1.807) is 0 Å². The molecule has 2 bridgehead atoms. The molecule has 1 aliphatic carbocycles. The van der Waals surface area contributed by atoms with E-state index in [1.165, 1.54) is 25.8 Å². The first kappa shape index (κ1) is 8.26. The molecule has 0 amide bonds. The zero-order valence-corrected chi connectivity index (χ0v) is 9.12. The predicted molar refractivity (Wildman–Crippen MR) is 41.7 cm³/mol. The maximum atomic E-state index is 6.15. The van der Waals surface area contributed by atoms with Crippen LogP contribution in [0.25, 0.3) is 0 Å². The average molecular weight is 267 g/mol. The molecular formula is C8H16IN2-. The molecule has 1 saturated heterocycles. The monoisotopic (exact) mass is 267 g/mol. The van der Waals surface area contributed by atoms with Gasteiger partial charge in [-0.25, -0.2) is 0 Å². The summed E-state index contributed by atoms with van der Waals surface area (Å²) in [5.74, 6) is 0.826. The van der Waals surface area contributed by atoms with Crippen LogP contribution in [0.1, 0.15) is 19.3 Å². The Hall–Kier alpha value is 0.650. The fourth-order valence-corrected chi connectivity index (χ4v) is 5.79. The molecule has 3 unspecified atom stereocenters. The fourth-order valence-electron chi connectivity index (χ4n) is 2.16. The second-order valence-corrected chi connectivity index (χ2v) is 7.47. The molecule has 0 aromatic rings. The normalized spacial score (nSPS) is 46.5. The Labute approximate surface area is 79.1 Å². The van der Waals surface area contributed by atoms with Gasteiger partial charge in [-0.05, 0) is 0 Å². The Morgan fingerprint density at radius 2 is 2.27 bits per heavy atom. The van der Waals surface area contributed by atoms with Crippen molar-refractivity contribution in [3.63, 3.8) is 0 Å². The summed E-state index contributed by atoms with van der Waals surface area (Å²) < 4.78 is 3.46. The average Bonchev–Trinajstić information content (AvgIpc) is 1.92. The van der Waals surface area contributed by atoms with Gasteiger partial charge in [-0.1, -0.05) is 0 Å². The van der Waals surface area contributed by atoms with Crippen molar-refractivity contribution in [1.29, 1.82) is 0 Å². The molecule has 2 nitrogen and oxygen atoms in total. The summed E-state index contributed by atoms with van der Waals surface area (Å²) in [6, 6.07) is 0.563. The van der Waals surface area contributed by atoms with Crippen LogP contribution < -0.4 is 27.2 Å². The molecule has 0 aromatic heterocycles. The molecule has 2 rings (SSSR count). The van der Waals surface area contributed by atoms with Crippen LogP contribution in [-0.4, -0.2) is 26.7 Å². The first-order valence-corrected chi connectivity index (χ1v) is 6.59. The van der Waals surface area contributed by atoms with Crippen LogP contribution in [0, 0.1) is 5.92 Å². The van der Waals surface area contributed by atoms with E-state index in [4.69, 9.17) is 5.73 Å². The van der Waals surface area contributed by atoms with Gasteiger partial charge in [0.05, 0.1) is 0 Å². The molecule has 2 fully saturated rings. The first-order chi connectivity index (χ1) is 5.27. The third-order valence-electron chi connectivity index (χ3n) is 2.79. The molecule has 3 atom stereocenters. The predicted octanol–water partition coefficient (Wildman–Crippen LogP) is -2.57. The zero-order valence-electron chi connectivity index (χ0n) is 6.96. The number of hydrogen-bond acceptors (Lipinski definition) is 2. The SMILES string of the molecule is CN1CC2CCCC([I-]1)C2N. The van der Waals surface area contributed by atoms with Crippen LogP contribution in [-0.2, 0) is 0 Å². The summed E-state index contributed by atoms with van der Waals surface area (Å²) in [5, 5.41) is 0. The van der Waals surface area contributed by atoms with Crippen LogP contribution in [0.15, 0.2) is 0 Å². The molecule has 3 heteroatoms. The van der Waals surface area contributed by atoms with Gasteiger partial charge < -0.3 is 0 Å². The summed E-state index contributed by atoms with van der Waals surface area (Å²) in [6.07, 6.45) is 4.23. The van der Waals surface area contributed by atoms with Crippen LogP contribution in [0.2, 0.25) is 0 Å². The topological polar surface area (TPSA) is 29.3 Å². The second kappa shape index (κ2) is 3.18. The van der Waals surface area contributed by atoms with Gasteiger partial charge >= 0.3 is 79.1 Å². The van der Waals surface area contributed by atoms with E-state index in [1.807, 2.05) is 0 Å². The molecule has 66 valence electrons. The molecule has 0 aromatic carbocycles. The van der Waals surface area contributed by atoms with Crippen molar-refractivity contribution in [3.05, 3.63) is 0 Å². The summed E-state index contributed by atoms with van der Waals surface area (Å²) in [6.45, 7) is 1.28. The molecule has 1 aliphatic heterocycles. The Kier molecular flexibility index (Phi) is 2.39. The van der Waals surface area contributed by atoms with Crippen LogP contribution >= 0.6 is 0 Å². The molecule has 11 heavy (non-hydrogen) atoms. The number of alkyl halides is 1. The van der Waals surface area contributed by atoms with Crippen molar-refractivity contribution < 1.29 is 21.5 Å². The zero-order chi connectivity index (χ0) is 7.84. The van der Waals surface area contributed by atoms with Crippen LogP contribution in [0.3, 0.4) is 0 Å². The van der Waals surface area contributed by atoms with Crippen molar-refractivity contribution in [2.75, 3.05) is 13.6 Å². The third-order valence-corrected chi connectivity index (χ3v) is 6.31. The number of nitrogens with two attached hydrogens (primary N) is 1. The minimum atomic E-state index is 0.278. The van der Waals surface area contributed by atoms with E-state index >= 15 is 0 Å². The van der Waals surface area contributed by atoms with Crippen LogP contribution in [0.5, 0.6) is 0 Å². The number of hydrogen-bond donors (Lipinski definition) is 1. The molecule has 2 N–H and O–H groups in total. The minimum absolute atomic E-state index is 0.278. The molecular weight excluding hydrogens is 251 g/mol. The van der Waals surface area contributed by atoms with E-state index in [2.05, 4.69) is 10.2 Å². The Balaban J connectivity index is 2.07. The van der Waals surface area contributed by atoms with Gasteiger partial charge in [0.25, 0.3) is 0 Å².